The summed E-state index contributed by atoms with van der Waals surface area (Å²) < 4.78 is 96.7. The highest BCUT2D eigenvalue weighted by molar-refractivity contribution is 7.99. The molecule has 0 aliphatic heterocycles. The second-order valence-corrected chi connectivity index (χ2v) is 12.3. The Labute approximate surface area is 261 Å². The number of amides is 3. The van der Waals surface area contributed by atoms with E-state index < -0.39 is 57.8 Å². The van der Waals surface area contributed by atoms with Crippen LogP contribution < -0.4 is 15.4 Å². The third kappa shape index (κ3) is 9.56. The van der Waals surface area contributed by atoms with Gasteiger partial charge in [-0.25, -0.2) is 13.9 Å². The standard InChI is InChI=1S/C25H22Cl2F6N6O5S/c1-13-10-14(26)11-15(21(40)35-6-7-44-8-9-45(2,43)38-23(42)25(31,32)33)19(13)36-22(41)17-12-18(24(28,29)30)37-39(17)20-16(27)4-3-5-34-20/h3-5,9-12H,6-8H2,1-2H3,(H,35,40)(H,36,41)(H,38,42,43). The van der Waals surface area contributed by atoms with Gasteiger partial charge in [-0.1, -0.05) is 23.2 Å². The lowest BCUT2D eigenvalue weighted by atomic mass is 10.1. The minimum absolute atomic E-state index is 0.0878. The number of carbonyl (C=O) groups excluding carboxylic acids is 3. The molecule has 3 rings (SSSR count). The first-order chi connectivity index (χ1) is 20.8. The molecule has 0 aliphatic carbocycles. The molecule has 11 nitrogen and oxygen atoms in total. The molecule has 3 aromatic rings. The summed E-state index contributed by atoms with van der Waals surface area (Å²) in [6, 6.07) is 5.83. The molecule has 2 heterocycles. The smallest absolute Gasteiger partial charge is 0.375 e. The van der Waals surface area contributed by atoms with Crippen LogP contribution in [0.4, 0.5) is 32.0 Å². The molecule has 0 aliphatic rings. The molecule has 1 aromatic carbocycles. The first kappa shape index (κ1) is 35.6. The summed E-state index contributed by atoms with van der Waals surface area (Å²) in [4.78, 5) is 41.2. The predicted molar refractivity (Wildman–Crippen MR) is 153 cm³/mol. The number of halogens is 8. The Hall–Kier alpha value is -3.87. The average molecular weight is 703 g/mol. The van der Waals surface area contributed by atoms with E-state index in [9.17, 15) is 44.9 Å². The number of nitrogens with zero attached hydrogens (tertiary/aromatic N) is 3. The maximum Gasteiger partial charge on any atom is 0.472 e. The van der Waals surface area contributed by atoms with Crippen molar-refractivity contribution < 1.29 is 49.7 Å². The summed E-state index contributed by atoms with van der Waals surface area (Å²) in [5.74, 6) is -4.54. The van der Waals surface area contributed by atoms with Gasteiger partial charge in [0.05, 0.1) is 29.5 Å². The highest BCUT2D eigenvalue weighted by Crippen LogP contribution is 2.32. The number of aromatic nitrogens is 3. The number of benzene rings is 1. The molecule has 3 amide bonds. The maximum atomic E-state index is 13.5. The van der Waals surface area contributed by atoms with E-state index >= 15 is 0 Å². The largest absolute Gasteiger partial charge is 0.472 e. The van der Waals surface area contributed by atoms with Crippen LogP contribution in [0.25, 0.3) is 5.82 Å². The number of nitrogens with one attached hydrogen (secondary N) is 3. The van der Waals surface area contributed by atoms with Crippen molar-refractivity contribution in [3.05, 3.63) is 69.1 Å². The summed E-state index contributed by atoms with van der Waals surface area (Å²) in [5, 5.41) is 9.13. The molecule has 0 bridgehead atoms. The zero-order chi connectivity index (χ0) is 33.7. The van der Waals surface area contributed by atoms with E-state index in [2.05, 4.69) is 20.7 Å². The van der Waals surface area contributed by atoms with E-state index in [1.54, 1.807) is 0 Å². The van der Waals surface area contributed by atoms with Crippen molar-refractivity contribution in [3.8, 4) is 5.82 Å². The lowest BCUT2D eigenvalue weighted by Crippen LogP contribution is -2.41. The molecule has 0 radical (unpaired) electrons. The van der Waals surface area contributed by atoms with Crippen LogP contribution in [-0.4, -0.2) is 74.3 Å². The molecule has 1 atom stereocenters. The fourth-order valence-electron chi connectivity index (χ4n) is 3.52. The van der Waals surface area contributed by atoms with E-state index in [-0.39, 0.29) is 45.8 Å². The molecule has 0 saturated heterocycles. The molecule has 0 fully saturated rings. The lowest BCUT2D eigenvalue weighted by molar-refractivity contribution is -0.171. The van der Waals surface area contributed by atoms with Gasteiger partial charge in [-0.15, -0.1) is 0 Å². The van der Waals surface area contributed by atoms with Crippen LogP contribution in [0.2, 0.25) is 10.0 Å². The normalized spacial score (nSPS) is 13.1. The summed E-state index contributed by atoms with van der Waals surface area (Å²) in [6.45, 7) is 0.613. The van der Waals surface area contributed by atoms with Crippen molar-refractivity contribution in [2.24, 2.45) is 0 Å². The van der Waals surface area contributed by atoms with Crippen LogP contribution in [0.1, 0.15) is 32.1 Å². The van der Waals surface area contributed by atoms with Gasteiger partial charge in [0, 0.05) is 45.2 Å². The van der Waals surface area contributed by atoms with E-state index in [1.165, 1.54) is 42.1 Å². The van der Waals surface area contributed by atoms with E-state index in [0.29, 0.717) is 10.7 Å². The van der Waals surface area contributed by atoms with Crippen LogP contribution in [0, 0.1) is 6.92 Å². The van der Waals surface area contributed by atoms with E-state index in [0.717, 1.165) is 11.6 Å². The number of hydrogen-bond donors (Lipinski definition) is 3. The molecule has 244 valence electrons. The van der Waals surface area contributed by atoms with Crippen LogP contribution >= 0.6 is 23.2 Å². The van der Waals surface area contributed by atoms with Gasteiger partial charge in [0.25, 0.3) is 11.8 Å². The van der Waals surface area contributed by atoms with Crippen molar-refractivity contribution in [3.63, 3.8) is 0 Å². The van der Waals surface area contributed by atoms with Crippen molar-refractivity contribution in [2.45, 2.75) is 19.3 Å². The van der Waals surface area contributed by atoms with Crippen LogP contribution in [0.3, 0.4) is 0 Å². The number of anilines is 1. The third-order valence-electron chi connectivity index (χ3n) is 5.54. The SMILES string of the molecule is Cc1cc(Cl)cc(C(=O)NCCOCC=S(C)(=O)NC(=O)C(F)(F)F)c1NC(=O)c1cc(C(F)(F)F)nn1-c1ncccc1Cl. The number of ether oxygens (including phenoxy) is 1. The summed E-state index contributed by atoms with van der Waals surface area (Å²) in [5.41, 5.74) is -2.02. The molecule has 45 heavy (non-hydrogen) atoms. The molecular formula is C25H22Cl2F6N6O5S. The van der Waals surface area contributed by atoms with Gasteiger partial charge < -0.3 is 15.4 Å². The third-order valence-corrected chi connectivity index (χ3v) is 7.42. The quantitative estimate of drug-likeness (QED) is 0.163. The zero-order valence-electron chi connectivity index (χ0n) is 23.0. The Morgan fingerprint density at radius 3 is 2.40 bits per heavy atom. The molecule has 3 N–H and O–H groups in total. The summed E-state index contributed by atoms with van der Waals surface area (Å²) >= 11 is 12.2. The first-order valence-corrected chi connectivity index (χ1v) is 15.1. The van der Waals surface area contributed by atoms with E-state index in [4.69, 9.17) is 27.9 Å². The van der Waals surface area contributed by atoms with Crippen molar-refractivity contribution >= 4 is 61.7 Å². The van der Waals surface area contributed by atoms with Crippen LogP contribution in [0.15, 0.2) is 36.5 Å². The van der Waals surface area contributed by atoms with Gasteiger partial charge in [-0.3, -0.25) is 19.1 Å². The van der Waals surface area contributed by atoms with Crippen molar-refractivity contribution in [1.82, 2.24) is 24.8 Å². The highest BCUT2D eigenvalue weighted by atomic mass is 35.5. The molecule has 20 heteroatoms. The van der Waals surface area contributed by atoms with Gasteiger partial charge in [-0.05, 0) is 36.8 Å². The van der Waals surface area contributed by atoms with E-state index in [1.807, 2.05) is 0 Å². The van der Waals surface area contributed by atoms with Crippen molar-refractivity contribution in [1.29, 1.82) is 0 Å². The van der Waals surface area contributed by atoms with Gasteiger partial charge >= 0.3 is 18.3 Å². The molecule has 0 spiro atoms. The minimum atomic E-state index is -5.23. The van der Waals surface area contributed by atoms with Crippen molar-refractivity contribution in [2.75, 3.05) is 31.3 Å². The first-order valence-electron chi connectivity index (χ1n) is 12.3. The topological polar surface area (TPSA) is 144 Å². The highest BCUT2D eigenvalue weighted by Gasteiger charge is 2.40. The van der Waals surface area contributed by atoms with Crippen LogP contribution in [-0.2, 0) is 25.4 Å². The van der Waals surface area contributed by atoms with Gasteiger partial charge in [0.1, 0.15) is 5.69 Å². The zero-order valence-corrected chi connectivity index (χ0v) is 25.3. The number of aryl methyl sites for hydroxylation is 1. The second kappa shape index (κ2) is 14.1. The Morgan fingerprint density at radius 2 is 1.78 bits per heavy atom. The van der Waals surface area contributed by atoms with Gasteiger partial charge in [0.15, 0.2) is 11.5 Å². The van der Waals surface area contributed by atoms with Crippen LogP contribution in [0.5, 0.6) is 0 Å². The average Bonchev–Trinajstić information content (AvgIpc) is 3.37. The molecule has 2 aromatic heterocycles. The number of alkyl halides is 6. The monoisotopic (exact) mass is 702 g/mol. The lowest BCUT2D eigenvalue weighted by Gasteiger charge is -2.15. The summed E-state index contributed by atoms with van der Waals surface area (Å²) in [7, 11) is -3.53. The Balaban J connectivity index is 1.76. The number of hydrogen-bond acceptors (Lipinski definition) is 7. The Morgan fingerprint density at radius 1 is 1.09 bits per heavy atom. The minimum Gasteiger partial charge on any atom is -0.375 e. The van der Waals surface area contributed by atoms with Gasteiger partial charge in [0.2, 0.25) is 0 Å². The van der Waals surface area contributed by atoms with Gasteiger partial charge in [-0.2, -0.15) is 31.4 Å². The molecule has 0 saturated carbocycles. The fourth-order valence-corrected chi connectivity index (χ4v) is 4.92. The summed E-state index contributed by atoms with van der Waals surface area (Å²) in [6.07, 6.45) is -8.06. The number of rotatable bonds is 10. The second-order valence-electron chi connectivity index (χ2n) is 9.06. The molecule has 1 unspecified atom stereocenters. The maximum absolute atomic E-state index is 13.5. The number of pyridine rings is 1. The fraction of sp³-hybridized carbons (Fsp3) is 0.280. The Bertz CT molecular complexity index is 1740. The molecular weight excluding hydrogens is 681 g/mol. The predicted octanol–water partition coefficient (Wildman–Crippen LogP) is 4.21. The Kier molecular flexibility index (Phi) is 11.1. The number of carbonyl (C=O) groups is 3.